The summed E-state index contributed by atoms with van der Waals surface area (Å²) in [6.07, 6.45) is 0. The number of benzene rings is 2. The van der Waals surface area contributed by atoms with Crippen molar-refractivity contribution in [1.82, 2.24) is 0 Å². The molecule has 0 aliphatic carbocycles. The minimum Gasteiger partial charge on any atom is -0.489 e. The Morgan fingerprint density at radius 1 is 0.952 bits per heavy atom. The van der Waals surface area contributed by atoms with Crippen molar-refractivity contribution in [3.63, 3.8) is 0 Å². The molecule has 0 saturated heterocycles. The second-order valence-corrected chi connectivity index (χ2v) is 5.82. The molecule has 3 heteroatoms. The fourth-order valence-corrected chi connectivity index (χ4v) is 2.93. The second-order valence-electron chi connectivity index (χ2n) is 4.84. The van der Waals surface area contributed by atoms with Crippen LogP contribution in [0.1, 0.15) is 22.0 Å². The molecule has 3 aromatic rings. The molecule has 0 fully saturated rings. The summed E-state index contributed by atoms with van der Waals surface area (Å²) in [5, 5.41) is 2.05. The predicted octanol–water partition coefficient (Wildman–Crippen LogP) is 4.38. The third-order valence-corrected chi connectivity index (χ3v) is 4.27. The Morgan fingerprint density at radius 3 is 2.57 bits per heavy atom. The van der Waals surface area contributed by atoms with Crippen molar-refractivity contribution in [2.75, 3.05) is 0 Å². The van der Waals surface area contributed by atoms with Gasteiger partial charge in [-0.3, -0.25) is 0 Å². The Kier molecular flexibility index (Phi) is 4.34. The van der Waals surface area contributed by atoms with Gasteiger partial charge in [0.2, 0.25) is 0 Å². The maximum Gasteiger partial charge on any atom is 0.120 e. The zero-order chi connectivity index (χ0) is 14.5. The van der Waals surface area contributed by atoms with E-state index in [4.69, 9.17) is 10.5 Å². The molecule has 106 valence electrons. The van der Waals surface area contributed by atoms with Gasteiger partial charge in [0, 0.05) is 4.88 Å². The van der Waals surface area contributed by atoms with E-state index in [2.05, 4.69) is 18.2 Å². The fourth-order valence-electron chi connectivity index (χ4n) is 2.17. The molecular weight excluding hydrogens is 278 g/mol. The largest absolute Gasteiger partial charge is 0.489 e. The van der Waals surface area contributed by atoms with Crippen molar-refractivity contribution in [2.45, 2.75) is 12.6 Å². The van der Waals surface area contributed by atoms with E-state index in [1.54, 1.807) is 11.3 Å². The molecule has 1 atom stereocenters. The van der Waals surface area contributed by atoms with E-state index >= 15 is 0 Å². The van der Waals surface area contributed by atoms with Crippen LogP contribution in [0.25, 0.3) is 0 Å². The van der Waals surface area contributed by atoms with Crippen molar-refractivity contribution >= 4 is 11.3 Å². The van der Waals surface area contributed by atoms with Crippen LogP contribution >= 0.6 is 11.3 Å². The molecule has 0 radical (unpaired) electrons. The predicted molar refractivity (Wildman–Crippen MR) is 87.6 cm³/mol. The average Bonchev–Trinajstić information content (AvgIpc) is 3.08. The SMILES string of the molecule is N[C@@H](c1cccc(OCc2ccccc2)c1)c1cccs1. The number of ether oxygens (including phenoxy) is 1. The van der Waals surface area contributed by atoms with Gasteiger partial charge in [0.25, 0.3) is 0 Å². The van der Waals surface area contributed by atoms with E-state index in [9.17, 15) is 0 Å². The molecule has 0 spiro atoms. The summed E-state index contributed by atoms with van der Waals surface area (Å²) in [7, 11) is 0. The molecule has 1 heterocycles. The van der Waals surface area contributed by atoms with Crippen LogP contribution in [0.3, 0.4) is 0 Å². The van der Waals surface area contributed by atoms with E-state index in [1.807, 2.05) is 53.9 Å². The third-order valence-electron chi connectivity index (χ3n) is 3.32. The molecule has 0 amide bonds. The molecule has 2 N–H and O–H groups in total. The minimum atomic E-state index is -0.0923. The van der Waals surface area contributed by atoms with Crippen molar-refractivity contribution in [3.05, 3.63) is 88.1 Å². The lowest BCUT2D eigenvalue weighted by molar-refractivity contribution is 0.306. The van der Waals surface area contributed by atoms with Gasteiger partial charge in [-0.25, -0.2) is 0 Å². The van der Waals surface area contributed by atoms with Gasteiger partial charge in [0.05, 0.1) is 6.04 Å². The molecule has 0 unspecified atom stereocenters. The maximum absolute atomic E-state index is 6.29. The van der Waals surface area contributed by atoms with E-state index in [0.717, 1.165) is 21.8 Å². The molecule has 0 aliphatic rings. The van der Waals surface area contributed by atoms with Crippen LogP contribution < -0.4 is 10.5 Å². The first-order chi connectivity index (χ1) is 10.3. The van der Waals surface area contributed by atoms with Crippen LogP contribution in [-0.4, -0.2) is 0 Å². The molecule has 2 nitrogen and oxygen atoms in total. The van der Waals surface area contributed by atoms with Crippen molar-refractivity contribution in [1.29, 1.82) is 0 Å². The summed E-state index contributed by atoms with van der Waals surface area (Å²) < 4.78 is 5.85. The zero-order valence-electron chi connectivity index (χ0n) is 11.6. The topological polar surface area (TPSA) is 35.2 Å². The van der Waals surface area contributed by atoms with E-state index in [-0.39, 0.29) is 6.04 Å². The summed E-state index contributed by atoms with van der Waals surface area (Å²) in [5.41, 5.74) is 8.52. The highest BCUT2D eigenvalue weighted by Gasteiger charge is 2.10. The highest BCUT2D eigenvalue weighted by molar-refractivity contribution is 7.10. The van der Waals surface area contributed by atoms with Gasteiger partial charge >= 0.3 is 0 Å². The molecule has 1 aromatic heterocycles. The quantitative estimate of drug-likeness (QED) is 0.758. The number of thiophene rings is 1. The monoisotopic (exact) mass is 295 g/mol. The third kappa shape index (κ3) is 3.51. The van der Waals surface area contributed by atoms with E-state index in [1.165, 1.54) is 0 Å². The number of rotatable bonds is 5. The van der Waals surface area contributed by atoms with Crippen LogP contribution in [0.5, 0.6) is 5.75 Å². The van der Waals surface area contributed by atoms with Crippen molar-refractivity contribution in [2.24, 2.45) is 5.73 Å². The lowest BCUT2D eigenvalue weighted by Gasteiger charge is -2.12. The average molecular weight is 295 g/mol. The summed E-state index contributed by atoms with van der Waals surface area (Å²) in [6.45, 7) is 0.568. The Hall–Kier alpha value is -2.10. The lowest BCUT2D eigenvalue weighted by atomic mass is 10.1. The van der Waals surface area contributed by atoms with Crippen LogP contribution in [-0.2, 0) is 6.61 Å². The normalized spacial score (nSPS) is 12.0. The van der Waals surface area contributed by atoms with Gasteiger partial charge in [-0.15, -0.1) is 11.3 Å². The number of hydrogen-bond donors (Lipinski definition) is 1. The molecule has 21 heavy (non-hydrogen) atoms. The molecule has 0 saturated carbocycles. The van der Waals surface area contributed by atoms with E-state index in [0.29, 0.717) is 6.61 Å². The summed E-state index contributed by atoms with van der Waals surface area (Å²) in [4.78, 5) is 1.16. The van der Waals surface area contributed by atoms with Crippen LogP contribution in [0, 0.1) is 0 Å². The second kappa shape index (κ2) is 6.57. The fraction of sp³-hybridized carbons (Fsp3) is 0.111. The number of hydrogen-bond acceptors (Lipinski definition) is 3. The van der Waals surface area contributed by atoms with Gasteiger partial charge in [-0.1, -0.05) is 48.5 Å². The molecule has 0 bridgehead atoms. The van der Waals surface area contributed by atoms with Gasteiger partial charge in [-0.2, -0.15) is 0 Å². The van der Waals surface area contributed by atoms with Gasteiger partial charge < -0.3 is 10.5 Å². The molecular formula is C18H17NOS. The summed E-state index contributed by atoms with van der Waals surface area (Å²) in [5.74, 6) is 0.850. The molecule has 0 aliphatic heterocycles. The first-order valence-corrected chi connectivity index (χ1v) is 7.76. The molecule has 2 aromatic carbocycles. The summed E-state index contributed by atoms with van der Waals surface area (Å²) in [6, 6.07) is 22.2. The van der Waals surface area contributed by atoms with Crippen LogP contribution in [0.2, 0.25) is 0 Å². The number of nitrogens with two attached hydrogens (primary N) is 1. The van der Waals surface area contributed by atoms with Crippen LogP contribution in [0.4, 0.5) is 0 Å². The van der Waals surface area contributed by atoms with Gasteiger partial charge in [0.1, 0.15) is 12.4 Å². The lowest BCUT2D eigenvalue weighted by Crippen LogP contribution is -2.10. The van der Waals surface area contributed by atoms with Crippen molar-refractivity contribution < 1.29 is 4.74 Å². The summed E-state index contributed by atoms with van der Waals surface area (Å²) >= 11 is 1.68. The van der Waals surface area contributed by atoms with Gasteiger partial charge in [0.15, 0.2) is 0 Å². The Bertz CT molecular complexity index is 679. The Balaban J connectivity index is 1.71. The van der Waals surface area contributed by atoms with E-state index < -0.39 is 0 Å². The highest BCUT2D eigenvalue weighted by atomic mass is 32.1. The first-order valence-electron chi connectivity index (χ1n) is 6.88. The van der Waals surface area contributed by atoms with Gasteiger partial charge in [-0.05, 0) is 34.7 Å². The Morgan fingerprint density at radius 2 is 1.81 bits per heavy atom. The maximum atomic E-state index is 6.29. The first kappa shape index (κ1) is 13.9. The van der Waals surface area contributed by atoms with Crippen LogP contribution in [0.15, 0.2) is 72.1 Å². The highest BCUT2D eigenvalue weighted by Crippen LogP contribution is 2.26. The van der Waals surface area contributed by atoms with Crippen molar-refractivity contribution in [3.8, 4) is 5.75 Å². The molecule has 3 rings (SSSR count). The standard InChI is InChI=1S/C18H17NOS/c19-18(17-10-5-11-21-17)15-8-4-9-16(12-15)20-13-14-6-2-1-3-7-14/h1-12,18H,13,19H2/t18-/m0/s1. The Labute approximate surface area is 128 Å². The zero-order valence-corrected chi connectivity index (χ0v) is 12.4. The minimum absolute atomic E-state index is 0.0923. The smallest absolute Gasteiger partial charge is 0.120 e.